The Labute approximate surface area is 242 Å². The molecular formula is C25H28N4O14. The first-order valence-electron chi connectivity index (χ1n) is 12.5. The van der Waals surface area contributed by atoms with Gasteiger partial charge in [0, 0.05) is 33.8 Å². The van der Waals surface area contributed by atoms with Crippen LogP contribution in [-0.4, -0.2) is 81.3 Å². The normalized spacial score (nSPS) is 21.3. The average Bonchev–Trinajstić information content (AvgIpc) is 2.91. The molecule has 1 aromatic carbocycles. The molecule has 1 unspecified atom stereocenters. The number of hydrogen-bond donors (Lipinski definition) is 0. The van der Waals surface area contributed by atoms with E-state index in [2.05, 4.69) is 5.10 Å². The molecule has 2 heterocycles. The topological polar surface area (TPSA) is 224 Å². The van der Waals surface area contributed by atoms with Crippen molar-refractivity contribution in [1.82, 2.24) is 14.3 Å². The number of rotatable bonds is 10. The molecule has 0 spiro atoms. The highest BCUT2D eigenvalue weighted by atomic mass is 16.7. The first-order valence-corrected chi connectivity index (χ1v) is 12.5. The third-order valence-electron chi connectivity index (χ3n) is 5.97. The highest BCUT2D eigenvalue weighted by Crippen LogP contribution is 2.34. The lowest BCUT2D eigenvalue weighted by atomic mass is 9.97. The zero-order chi connectivity index (χ0) is 32.0. The smallest absolute Gasteiger partial charge is 0.350 e. The minimum Gasteiger partial charge on any atom is -0.490 e. The molecular weight excluding hydrogens is 580 g/mol. The van der Waals surface area contributed by atoms with Crippen LogP contribution in [0.3, 0.4) is 0 Å². The molecule has 1 fully saturated rings. The van der Waals surface area contributed by atoms with E-state index in [4.69, 9.17) is 28.4 Å². The van der Waals surface area contributed by atoms with Crippen LogP contribution in [-0.2, 0) is 49.4 Å². The Morgan fingerprint density at radius 3 is 2.12 bits per heavy atom. The van der Waals surface area contributed by atoms with E-state index in [0.29, 0.717) is 9.25 Å². The summed E-state index contributed by atoms with van der Waals surface area (Å²) in [5.41, 5.74) is -2.26. The Bertz CT molecular complexity index is 1530. The fourth-order valence-electron chi connectivity index (χ4n) is 4.33. The third kappa shape index (κ3) is 7.79. The molecule has 0 aliphatic carbocycles. The van der Waals surface area contributed by atoms with Gasteiger partial charge in [0.05, 0.1) is 18.6 Å². The summed E-state index contributed by atoms with van der Waals surface area (Å²) in [5.74, 6) is -3.45. The lowest BCUT2D eigenvalue weighted by Gasteiger charge is -2.44. The number of nitro benzene ring substituents is 1. The largest absolute Gasteiger partial charge is 0.490 e. The Morgan fingerprint density at radius 1 is 0.953 bits per heavy atom. The monoisotopic (exact) mass is 608 g/mol. The minimum atomic E-state index is -1.72. The second-order valence-corrected chi connectivity index (χ2v) is 9.15. The van der Waals surface area contributed by atoms with Gasteiger partial charge >= 0.3 is 35.3 Å². The Balaban J connectivity index is 2.16. The number of carbonyl (C=O) groups is 4. The summed E-state index contributed by atoms with van der Waals surface area (Å²) in [6.07, 6.45) is -7.10. The molecule has 1 aliphatic rings. The van der Waals surface area contributed by atoms with Gasteiger partial charge in [-0.1, -0.05) is 6.07 Å². The number of ether oxygens (including phenoxy) is 6. The van der Waals surface area contributed by atoms with Crippen LogP contribution in [0.2, 0.25) is 0 Å². The number of methoxy groups -OCH3 is 1. The number of aromatic nitrogens is 3. The first-order chi connectivity index (χ1) is 20.2. The number of nitrogens with zero attached hydrogens (tertiary/aromatic N) is 4. The molecule has 43 heavy (non-hydrogen) atoms. The van der Waals surface area contributed by atoms with Crippen LogP contribution in [0.15, 0.2) is 34.0 Å². The van der Waals surface area contributed by atoms with E-state index in [0.717, 1.165) is 40.0 Å². The second-order valence-electron chi connectivity index (χ2n) is 9.15. The number of carbonyl (C=O) groups excluding carboxylic acids is 4. The maximum Gasteiger partial charge on any atom is 0.350 e. The van der Waals surface area contributed by atoms with Crippen LogP contribution in [0, 0.1) is 10.1 Å². The summed E-state index contributed by atoms with van der Waals surface area (Å²) in [6.45, 7) is 3.17. The third-order valence-corrected chi connectivity index (χ3v) is 5.97. The summed E-state index contributed by atoms with van der Waals surface area (Å²) in [4.78, 5) is 84.8. The van der Waals surface area contributed by atoms with E-state index in [1.54, 1.807) is 0 Å². The van der Waals surface area contributed by atoms with Gasteiger partial charge in [-0.25, -0.2) is 4.79 Å². The molecule has 1 aliphatic heterocycles. The summed E-state index contributed by atoms with van der Waals surface area (Å²) < 4.78 is 33.2. The predicted molar refractivity (Wildman–Crippen MR) is 139 cm³/mol. The molecule has 232 valence electrons. The summed E-state index contributed by atoms with van der Waals surface area (Å²) in [7, 11) is 1.24. The zero-order valence-corrected chi connectivity index (χ0v) is 23.6. The maximum atomic E-state index is 13.6. The van der Waals surface area contributed by atoms with Gasteiger partial charge in [-0.05, 0) is 11.6 Å². The maximum absolute atomic E-state index is 13.6. The van der Waals surface area contributed by atoms with Crippen molar-refractivity contribution in [1.29, 1.82) is 0 Å². The van der Waals surface area contributed by atoms with Crippen LogP contribution in [0.25, 0.3) is 0 Å². The highest BCUT2D eigenvalue weighted by molar-refractivity contribution is 5.68. The molecule has 18 heteroatoms. The van der Waals surface area contributed by atoms with E-state index in [1.165, 1.54) is 19.2 Å². The van der Waals surface area contributed by atoms with Crippen molar-refractivity contribution >= 4 is 29.6 Å². The van der Waals surface area contributed by atoms with Crippen molar-refractivity contribution in [2.75, 3.05) is 13.7 Å². The lowest BCUT2D eigenvalue weighted by molar-refractivity contribution is -0.385. The molecule has 0 radical (unpaired) electrons. The summed E-state index contributed by atoms with van der Waals surface area (Å²) in [6, 6.07) is 3.80. The van der Waals surface area contributed by atoms with Crippen LogP contribution < -0.4 is 16.0 Å². The van der Waals surface area contributed by atoms with Gasteiger partial charge in [0.2, 0.25) is 0 Å². The SMILES string of the molecule is COc1ccc(Cn2c(=O)cnn(C3O[C@H](COC(C)=O)[C@@H](OC(C)=O)[C@H](OC(C)=O)[C@H]3OC(C)=O)c2=O)cc1[N+](=O)[O-]. The Hall–Kier alpha value is -5.13. The second kappa shape index (κ2) is 13.7. The fraction of sp³-hybridized carbons (Fsp3) is 0.480. The van der Waals surface area contributed by atoms with E-state index < -0.39 is 89.5 Å². The standard InChI is InChI=1S/C25H28N4O14/c1-12(30)39-11-19-21(40-13(2)31)22(41-14(3)32)23(42-15(4)33)24(43-19)28-25(35)27(20(34)9-26-28)10-16-6-7-18(38-5)17(8-16)29(36)37/h6-9,19,21-24H,10-11H2,1-5H3/t19-,21-,22+,23-,24?/m1/s1. The lowest BCUT2D eigenvalue weighted by Crippen LogP contribution is -2.62. The van der Waals surface area contributed by atoms with Crippen molar-refractivity contribution in [3.05, 3.63) is 60.9 Å². The van der Waals surface area contributed by atoms with Crippen LogP contribution in [0.4, 0.5) is 5.69 Å². The highest BCUT2D eigenvalue weighted by Gasteiger charge is 2.53. The van der Waals surface area contributed by atoms with E-state index in [-0.39, 0.29) is 11.3 Å². The average molecular weight is 609 g/mol. The zero-order valence-electron chi connectivity index (χ0n) is 23.6. The molecule has 0 N–H and O–H groups in total. The van der Waals surface area contributed by atoms with Crippen LogP contribution in [0.1, 0.15) is 39.5 Å². The molecule has 3 rings (SSSR count). The van der Waals surface area contributed by atoms with E-state index in [9.17, 15) is 38.9 Å². The molecule has 1 aromatic heterocycles. The molecule has 1 saturated heterocycles. The van der Waals surface area contributed by atoms with Crippen LogP contribution >= 0.6 is 0 Å². The summed E-state index contributed by atoms with van der Waals surface area (Å²) in [5, 5.41) is 15.3. The van der Waals surface area contributed by atoms with E-state index >= 15 is 0 Å². The van der Waals surface area contributed by atoms with Crippen LogP contribution in [0.5, 0.6) is 5.75 Å². The van der Waals surface area contributed by atoms with Crippen molar-refractivity contribution in [3.8, 4) is 5.75 Å². The first kappa shape index (κ1) is 32.4. The molecule has 0 amide bonds. The quantitative estimate of drug-likeness (QED) is 0.145. The van der Waals surface area contributed by atoms with Gasteiger partial charge in [-0.3, -0.25) is 38.7 Å². The van der Waals surface area contributed by atoms with Gasteiger partial charge in [-0.15, -0.1) is 0 Å². The Kier molecular flexibility index (Phi) is 10.3. The van der Waals surface area contributed by atoms with Gasteiger partial charge in [-0.2, -0.15) is 9.78 Å². The molecule has 18 nitrogen and oxygen atoms in total. The molecule has 2 aromatic rings. The molecule has 5 atom stereocenters. The number of benzene rings is 1. The van der Waals surface area contributed by atoms with Crippen molar-refractivity contribution in [3.63, 3.8) is 0 Å². The van der Waals surface area contributed by atoms with Gasteiger partial charge in [0.25, 0.3) is 5.56 Å². The molecule has 0 saturated carbocycles. The summed E-state index contributed by atoms with van der Waals surface area (Å²) >= 11 is 0. The Morgan fingerprint density at radius 2 is 1.56 bits per heavy atom. The predicted octanol–water partition coefficient (Wildman–Crippen LogP) is -0.374. The van der Waals surface area contributed by atoms with Crippen molar-refractivity contribution in [2.24, 2.45) is 0 Å². The van der Waals surface area contributed by atoms with Crippen molar-refractivity contribution < 1.29 is 52.5 Å². The van der Waals surface area contributed by atoms with Gasteiger partial charge in [0.1, 0.15) is 18.9 Å². The fourth-order valence-corrected chi connectivity index (χ4v) is 4.33. The number of esters is 4. The minimum absolute atomic E-state index is 0.0502. The number of hydrogen-bond acceptors (Lipinski definition) is 15. The van der Waals surface area contributed by atoms with Gasteiger partial charge in [0.15, 0.2) is 30.3 Å². The van der Waals surface area contributed by atoms with Crippen molar-refractivity contribution in [2.45, 2.75) is 64.9 Å². The van der Waals surface area contributed by atoms with Gasteiger partial charge < -0.3 is 28.4 Å². The number of nitro groups is 1. The molecule has 0 bridgehead atoms. The van der Waals surface area contributed by atoms with E-state index in [1.807, 2.05) is 0 Å².